The Morgan fingerprint density at radius 2 is 1.78 bits per heavy atom. The van der Waals surface area contributed by atoms with Crippen molar-refractivity contribution in [3.8, 4) is 6.07 Å². The summed E-state index contributed by atoms with van der Waals surface area (Å²) in [6.07, 6.45) is 2.15. The van der Waals surface area contributed by atoms with Crippen LogP contribution in [0.25, 0.3) is 0 Å². The number of amides is 1. The zero-order valence-corrected chi connectivity index (χ0v) is 13.6. The fourth-order valence-electron chi connectivity index (χ4n) is 3.06. The average Bonchev–Trinajstić information content (AvgIpc) is 2.53. The van der Waals surface area contributed by atoms with E-state index in [1.54, 1.807) is 12.1 Å². The van der Waals surface area contributed by atoms with Crippen LogP contribution in [0, 0.1) is 17.2 Å². The second-order valence-electron chi connectivity index (χ2n) is 5.97. The molecule has 0 aliphatic carbocycles. The maximum atomic E-state index is 12.7. The van der Waals surface area contributed by atoms with Gasteiger partial charge in [0.2, 0.25) is 15.9 Å². The number of piperidine rings is 1. The van der Waals surface area contributed by atoms with E-state index in [1.165, 1.54) is 16.4 Å². The highest BCUT2D eigenvalue weighted by atomic mass is 32.2. The van der Waals surface area contributed by atoms with Gasteiger partial charge in [-0.25, -0.2) is 8.42 Å². The van der Waals surface area contributed by atoms with Gasteiger partial charge >= 0.3 is 0 Å². The van der Waals surface area contributed by atoms with Gasteiger partial charge in [-0.2, -0.15) is 9.57 Å². The largest absolute Gasteiger partial charge is 0.342 e. The zero-order chi connectivity index (χ0) is 16.4. The van der Waals surface area contributed by atoms with Crippen LogP contribution < -0.4 is 0 Å². The molecule has 0 unspecified atom stereocenters. The SMILES string of the molecule is N#Cc1ccccc1S(=O)(=O)N1CCC(C(=O)N2CCC2)CC1. The molecule has 0 saturated carbocycles. The van der Waals surface area contributed by atoms with Crippen LogP contribution in [0.4, 0.5) is 0 Å². The molecule has 2 heterocycles. The van der Waals surface area contributed by atoms with Crippen LogP contribution in [-0.4, -0.2) is 49.7 Å². The lowest BCUT2D eigenvalue weighted by Crippen LogP contribution is -2.48. The normalized spacial score (nSPS) is 19.9. The maximum absolute atomic E-state index is 12.7. The molecule has 0 N–H and O–H groups in total. The quantitative estimate of drug-likeness (QED) is 0.832. The first-order valence-corrected chi connectivity index (χ1v) is 9.26. The second kappa shape index (κ2) is 6.30. The highest BCUT2D eigenvalue weighted by Crippen LogP contribution is 2.27. The molecule has 3 rings (SSSR count). The van der Waals surface area contributed by atoms with Gasteiger partial charge in [-0.1, -0.05) is 12.1 Å². The maximum Gasteiger partial charge on any atom is 0.244 e. The first-order chi connectivity index (χ1) is 11.0. The Kier molecular flexibility index (Phi) is 4.37. The van der Waals surface area contributed by atoms with Crippen molar-refractivity contribution in [1.82, 2.24) is 9.21 Å². The van der Waals surface area contributed by atoms with Gasteiger partial charge in [0, 0.05) is 32.1 Å². The molecule has 122 valence electrons. The summed E-state index contributed by atoms with van der Waals surface area (Å²) in [4.78, 5) is 14.1. The fourth-order valence-corrected chi connectivity index (χ4v) is 4.67. The summed E-state index contributed by atoms with van der Waals surface area (Å²) in [6, 6.07) is 8.17. The molecule has 0 spiro atoms. The molecule has 7 heteroatoms. The Morgan fingerprint density at radius 3 is 2.35 bits per heavy atom. The minimum absolute atomic E-state index is 0.0509. The number of likely N-dealkylation sites (tertiary alicyclic amines) is 1. The summed E-state index contributed by atoms with van der Waals surface area (Å²) in [5.74, 6) is 0.0821. The van der Waals surface area contributed by atoms with Crippen LogP contribution >= 0.6 is 0 Å². The first kappa shape index (κ1) is 16.0. The number of carbonyl (C=O) groups excluding carboxylic acids is 1. The monoisotopic (exact) mass is 333 g/mol. The Balaban J connectivity index is 1.71. The average molecular weight is 333 g/mol. The molecule has 0 radical (unpaired) electrons. The third-order valence-corrected chi connectivity index (χ3v) is 6.55. The van der Waals surface area contributed by atoms with Crippen molar-refractivity contribution >= 4 is 15.9 Å². The van der Waals surface area contributed by atoms with Crippen molar-refractivity contribution in [2.24, 2.45) is 5.92 Å². The van der Waals surface area contributed by atoms with Gasteiger partial charge in [0.25, 0.3) is 0 Å². The minimum atomic E-state index is -3.68. The summed E-state index contributed by atoms with van der Waals surface area (Å²) in [6.45, 7) is 2.30. The van der Waals surface area contributed by atoms with Crippen LogP contribution in [0.5, 0.6) is 0 Å². The molecule has 1 aromatic carbocycles. The molecule has 0 aromatic heterocycles. The number of hydrogen-bond donors (Lipinski definition) is 0. The molecule has 2 aliphatic rings. The molecule has 1 aromatic rings. The number of nitriles is 1. The molecular formula is C16H19N3O3S. The van der Waals surface area contributed by atoms with E-state index in [0.717, 1.165) is 19.5 Å². The Labute approximate surface area is 136 Å². The summed E-state index contributed by atoms with van der Waals surface area (Å²) in [7, 11) is -3.68. The predicted octanol–water partition coefficient (Wildman–Crippen LogP) is 1.19. The smallest absolute Gasteiger partial charge is 0.244 e. The molecular weight excluding hydrogens is 314 g/mol. The van der Waals surface area contributed by atoms with Crippen molar-refractivity contribution in [3.63, 3.8) is 0 Å². The van der Waals surface area contributed by atoms with Gasteiger partial charge in [0.1, 0.15) is 6.07 Å². The second-order valence-corrected chi connectivity index (χ2v) is 7.87. The van der Waals surface area contributed by atoms with Crippen LogP contribution in [-0.2, 0) is 14.8 Å². The van der Waals surface area contributed by atoms with Crippen molar-refractivity contribution in [1.29, 1.82) is 5.26 Å². The van der Waals surface area contributed by atoms with Crippen LogP contribution in [0.2, 0.25) is 0 Å². The van der Waals surface area contributed by atoms with Gasteiger partial charge in [0.05, 0.1) is 10.5 Å². The lowest BCUT2D eigenvalue weighted by molar-refractivity contribution is -0.140. The number of sulfonamides is 1. The molecule has 2 aliphatic heterocycles. The molecule has 1 amide bonds. The van der Waals surface area contributed by atoms with Crippen LogP contribution in [0.3, 0.4) is 0 Å². The van der Waals surface area contributed by atoms with E-state index in [-0.39, 0.29) is 22.3 Å². The number of nitrogens with zero attached hydrogens (tertiary/aromatic N) is 3. The van der Waals surface area contributed by atoms with Crippen LogP contribution in [0.15, 0.2) is 29.2 Å². The summed E-state index contributed by atoms with van der Waals surface area (Å²) in [5, 5.41) is 9.11. The highest BCUT2D eigenvalue weighted by molar-refractivity contribution is 7.89. The van der Waals surface area contributed by atoms with E-state index in [4.69, 9.17) is 5.26 Å². The molecule has 2 saturated heterocycles. The fraction of sp³-hybridized carbons (Fsp3) is 0.500. The third kappa shape index (κ3) is 2.96. The molecule has 0 atom stereocenters. The summed E-state index contributed by atoms with van der Waals surface area (Å²) >= 11 is 0. The van der Waals surface area contributed by atoms with Crippen LogP contribution in [0.1, 0.15) is 24.8 Å². The van der Waals surface area contributed by atoms with Gasteiger partial charge in [-0.3, -0.25) is 4.79 Å². The zero-order valence-electron chi connectivity index (χ0n) is 12.8. The lowest BCUT2D eigenvalue weighted by Gasteiger charge is -2.37. The van der Waals surface area contributed by atoms with Gasteiger partial charge in [-0.15, -0.1) is 0 Å². The molecule has 23 heavy (non-hydrogen) atoms. The molecule has 6 nitrogen and oxygen atoms in total. The van der Waals surface area contributed by atoms with Crippen molar-refractivity contribution < 1.29 is 13.2 Å². The van der Waals surface area contributed by atoms with E-state index in [2.05, 4.69) is 0 Å². The number of hydrogen-bond acceptors (Lipinski definition) is 4. The standard InChI is InChI=1S/C16H19N3O3S/c17-12-14-4-1-2-5-15(14)23(21,22)19-10-6-13(7-11-19)16(20)18-8-3-9-18/h1-2,4-5,13H,3,6-11H2. The van der Waals surface area contributed by atoms with E-state index in [9.17, 15) is 13.2 Å². The van der Waals surface area contributed by atoms with E-state index in [0.29, 0.717) is 25.9 Å². The predicted molar refractivity (Wildman–Crippen MR) is 83.8 cm³/mol. The van der Waals surface area contributed by atoms with E-state index in [1.807, 2.05) is 11.0 Å². The van der Waals surface area contributed by atoms with E-state index < -0.39 is 10.0 Å². The highest BCUT2D eigenvalue weighted by Gasteiger charge is 2.35. The van der Waals surface area contributed by atoms with Crippen molar-refractivity contribution in [2.45, 2.75) is 24.2 Å². The Hall–Kier alpha value is -1.91. The minimum Gasteiger partial charge on any atom is -0.342 e. The van der Waals surface area contributed by atoms with Gasteiger partial charge in [0.15, 0.2) is 0 Å². The summed E-state index contributed by atoms with van der Waals surface area (Å²) < 4.78 is 26.8. The Morgan fingerprint density at radius 1 is 1.13 bits per heavy atom. The lowest BCUT2D eigenvalue weighted by atomic mass is 9.95. The molecule has 0 bridgehead atoms. The van der Waals surface area contributed by atoms with E-state index >= 15 is 0 Å². The van der Waals surface area contributed by atoms with Gasteiger partial charge < -0.3 is 4.90 Å². The van der Waals surface area contributed by atoms with Crippen molar-refractivity contribution in [3.05, 3.63) is 29.8 Å². The van der Waals surface area contributed by atoms with Crippen molar-refractivity contribution in [2.75, 3.05) is 26.2 Å². The van der Waals surface area contributed by atoms with Gasteiger partial charge in [-0.05, 0) is 31.4 Å². The summed E-state index contributed by atoms with van der Waals surface area (Å²) in [5.41, 5.74) is 0.159. The Bertz CT molecular complexity index is 742. The topological polar surface area (TPSA) is 81.5 Å². The third-order valence-electron chi connectivity index (χ3n) is 4.60. The molecule has 2 fully saturated rings. The first-order valence-electron chi connectivity index (χ1n) is 7.82. The number of rotatable bonds is 3. The number of carbonyl (C=O) groups is 1. The number of benzene rings is 1.